The Kier molecular flexibility index (Phi) is 6.23. The molecule has 0 aliphatic heterocycles. The number of unbranched alkanes of at least 4 members (excludes halogenated alkanes) is 2. The van der Waals surface area contributed by atoms with Gasteiger partial charge in [0.05, 0.1) is 20.5 Å². The largest absolute Gasteiger partial charge is 0.342 e. The molecular weight excluding hydrogens is 303 g/mol. The van der Waals surface area contributed by atoms with E-state index >= 15 is 0 Å². The van der Waals surface area contributed by atoms with Gasteiger partial charge in [-0.25, -0.2) is 0 Å². The predicted octanol–water partition coefficient (Wildman–Crippen LogP) is 4.16. The van der Waals surface area contributed by atoms with Gasteiger partial charge in [-0.2, -0.15) is 0 Å². The van der Waals surface area contributed by atoms with Gasteiger partial charge in [0, 0.05) is 25.7 Å². The van der Waals surface area contributed by atoms with Crippen molar-refractivity contribution in [2.75, 3.05) is 13.6 Å². The Labute approximate surface area is 127 Å². The van der Waals surface area contributed by atoms with Crippen LogP contribution in [0, 0.1) is 10.1 Å². The summed E-state index contributed by atoms with van der Waals surface area (Å²) in [5.41, 5.74) is -0.186. The number of carbonyl (C=O) groups excluding carboxylic acids is 1. The summed E-state index contributed by atoms with van der Waals surface area (Å²) >= 11 is 11.8. The molecule has 0 atom stereocenters. The van der Waals surface area contributed by atoms with Gasteiger partial charge in [0.1, 0.15) is 0 Å². The quantitative estimate of drug-likeness (QED) is 0.449. The number of nitro benzene ring substituents is 1. The van der Waals surface area contributed by atoms with Crippen LogP contribution in [0.5, 0.6) is 0 Å². The van der Waals surface area contributed by atoms with Gasteiger partial charge >= 0.3 is 0 Å². The molecule has 0 aliphatic carbocycles. The molecular formula is C13H16Cl2N2O3. The number of rotatable bonds is 6. The van der Waals surface area contributed by atoms with Gasteiger partial charge in [0.15, 0.2) is 0 Å². The van der Waals surface area contributed by atoms with E-state index in [4.69, 9.17) is 23.2 Å². The molecule has 0 saturated carbocycles. The van der Waals surface area contributed by atoms with Crippen LogP contribution in [-0.2, 0) is 0 Å². The lowest BCUT2D eigenvalue weighted by atomic mass is 10.1. The maximum atomic E-state index is 12.2. The molecule has 5 nitrogen and oxygen atoms in total. The van der Waals surface area contributed by atoms with Gasteiger partial charge in [-0.3, -0.25) is 14.9 Å². The van der Waals surface area contributed by atoms with Crippen LogP contribution < -0.4 is 0 Å². The third kappa shape index (κ3) is 4.08. The van der Waals surface area contributed by atoms with E-state index in [1.54, 1.807) is 7.05 Å². The first kappa shape index (κ1) is 16.7. The molecule has 1 aromatic rings. The molecule has 0 aliphatic rings. The second-order valence-electron chi connectivity index (χ2n) is 4.48. The van der Waals surface area contributed by atoms with Crippen LogP contribution in [0.15, 0.2) is 12.1 Å². The first-order chi connectivity index (χ1) is 9.38. The zero-order chi connectivity index (χ0) is 15.3. The van der Waals surface area contributed by atoms with Crippen molar-refractivity contribution in [1.82, 2.24) is 4.90 Å². The van der Waals surface area contributed by atoms with Crippen LogP contribution in [-0.4, -0.2) is 29.3 Å². The minimum Gasteiger partial charge on any atom is -0.342 e. The Balaban J connectivity index is 2.99. The third-order valence-corrected chi connectivity index (χ3v) is 3.70. The van der Waals surface area contributed by atoms with Gasteiger partial charge in [-0.15, -0.1) is 0 Å². The monoisotopic (exact) mass is 318 g/mol. The highest BCUT2D eigenvalue weighted by atomic mass is 35.5. The van der Waals surface area contributed by atoms with Crippen LogP contribution in [0.1, 0.15) is 36.5 Å². The van der Waals surface area contributed by atoms with Gasteiger partial charge < -0.3 is 4.90 Å². The lowest BCUT2D eigenvalue weighted by Crippen LogP contribution is -2.28. The van der Waals surface area contributed by atoms with Crippen LogP contribution in [0.2, 0.25) is 10.0 Å². The normalized spacial score (nSPS) is 10.4. The second kappa shape index (κ2) is 7.45. The number of hydrogen-bond donors (Lipinski definition) is 0. The van der Waals surface area contributed by atoms with Crippen molar-refractivity contribution < 1.29 is 9.72 Å². The third-order valence-electron chi connectivity index (χ3n) is 2.90. The summed E-state index contributed by atoms with van der Waals surface area (Å²) in [4.78, 5) is 23.9. The summed E-state index contributed by atoms with van der Waals surface area (Å²) in [5.74, 6) is -0.364. The fourth-order valence-electron chi connectivity index (χ4n) is 1.74. The maximum Gasteiger partial charge on any atom is 0.271 e. The number of nitrogens with zero attached hydrogens (tertiary/aromatic N) is 2. The Hall–Kier alpha value is -1.33. The maximum absolute atomic E-state index is 12.2. The lowest BCUT2D eigenvalue weighted by molar-refractivity contribution is -0.384. The van der Waals surface area contributed by atoms with Crippen molar-refractivity contribution in [3.63, 3.8) is 0 Å². The lowest BCUT2D eigenvalue weighted by Gasteiger charge is -2.18. The van der Waals surface area contributed by atoms with Crippen molar-refractivity contribution in [2.45, 2.75) is 26.2 Å². The number of non-ortho nitro benzene ring substituents is 1. The Bertz CT molecular complexity index is 521. The Morgan fingerprint density at radius 2 is 2.00 bits per heavy atom. The number of amides is 1. The minimum atomic E-state index is -0.601. The van der Waals surface area contributed by atoms with E-state index in [1.165, 1.54) is 4.90 Å². The zero-order valence-electron chi connectivity index (χ0n) is 11.4. The molecule has 110 valence electrons. The summed E-state index contributed by atoms with van der Waals surface area (Å²) in [6.07, 6.45) is 2.94. The molecule has 1 rings (SSSR count). The summed E-state index contributed by atoms with van der Waals surface area (Å²) in [6, 6.07) is 2.30. The molecule has 0 bridgehead atoms. The molecule has 0 aromatic heterocycles. The van der Waals surface area contributed by atoms with E-state index < -0.39 is 4.92 Å². The predicted molar refractivity (Wildman–Crippen MR) is 79.6 cm³/mol. The molecule has 0 unspecified atom stereocenters. The first-order valence-electron chi connectivity index (χ1n) is 6.27. The van der Waals surface area contributed by atoms with Crippen LogP contribution >= 0.6 is 23.2 Å². The average Bonchev–Trinajstić information content (AvgIpc) is 2.40. The zero-order valence-corrected chi connectivity index (χ0v) is 12.9. The molecule has 7 heteroatoms. The average molecular weight is 319 g/mol. The highest BCUT2D eigenvalue weighted by Crippen LogP contribution is 2.31. The summed E-state index contributed by atoms with van der Waals surface area (Å²) in [7, 11) is 1.64. The number of carbonyl (C=O) groups is 1. The number of halogens is 2. The number of hydrogen-bond acceptors (Lipinski definition) is 3. The molecule has 0 radical (unpaired) electrons. The molecule has 0 fully saturated rings. The van der Waals surface area contributed by atoms with E-state index in [0.717, 1.165) is 31.4 Å². The smallest absolute Gasteiger partial charge is 0.271 e. The topological polar surface area (TPSA) is 63.5 Å². The highest BCUT2D eigenvalue weighted by molar-refractivity contribution is 6.44. The Morgan fingerprint density at radius 1 is 1.35 bits per heavy atom. The van der Waals surface area contributed by atoms with E-state index in [9.17, 15) is 14.9 Å². The van der Waals surface area contributed by atoms with Crippen molar-refractivity contribution in [1.29, 1.82) is 0 Å². The van der Waals surface area contributed by atoms with Crippen LogP contribution in [0.4, 0.5) is 5.69 Å². The van der Waals surface area contributed by atoms with Crippen molar-refractivity contribution in [2.24, 2.45) is 0 Å². The SMILES string of the molecule is CCCCCN(C)C(=O)c1cc([N+](=O)[O-])cc(Cl)c1Cl. The number of benzene rings is 1. The first-order valence-corrected chi connectivity index (χ1v) is 7.03. The molecule has 20 heavy (non-hydrogen) atoms. The number of nitro groups is 1. The summed E-state index contributed by atoms with van der Waals surface area (Å²) < 4.78 is 0. The van der Waals surface area contributed by atoms with Crippen molar-refractivity contribution in [3.05, 3.63) is 37.9 Å². The van der Waals surface area contributed by atoms with Crippen LogP contribution in [0.3, 0.4) is 0 Å². The summed E-state index contributed by atoms with van der Waals surface area (Å²) in [5, 5.41) is 10.9. The summed E-state index contributed by atoms with van der Waals surface area (Å²) in [6.45, 7) is 2.64. The van der Waals surface area contributed by atoms with Crippen molar-refractivity contribution in [3.8, 4) is 0 Å². The molecule has 0 N–H and O–H groups in total. The minimum absolute atomic E-state index is 0.00572. The fraction of sp³-hybridized carbons (Fsp3) is 0.462. The van der Waals surface area contributed by atoms with Gasteiger partial charge in [0.25, 0.3) is 11.6 Å². The van der Waals surface area contributed by atoms with Gasteiger partial charge in [-0.05, 0) is 6.42 Å². The second-order valence-corrected chi connectivity index (χ2v) is 5.27. The molecule has 1 amide bonds. The van der Waals surface area contributed by atoms with E-state index in [2.05, 4.69) is 6.92 Å². The van der Waals surface area contributed by atoms with Gasteiger partial charge in [0.2, 0.25) is 0 Å². The van der Waals surface area contributed by atoms with Crippen LogP contribution in [0.25, 0.3) is 0 Å². The molecule has 0 saturated heterocycles. The van der Waals surface area contributed by atoms with Crippen molar-refractivity contribution >= 4 is 34.8 Å². The van der Waals surface area contributed by atoms with E-state index in [0.29, 0.717) is 6.54 Å². The molecule has 0 heterocycles. The fourth-order valence-corrected chi connectivity index (χ4v) is 2.15. The van der Waals surface area contributed by atoms with Gasteiger partial charge in [-0.1, -0.05) is 43.0 Å². The van der Waals surface area contributed by atoms with E-state index in [1.807, 2.05) is 0 Å². The Morgan fingerprint density at radius 3 is 2.55 bits per heavy atom. The molecule has 1 aromatic carbocycles. The standard InChI is InChI=1S/C13H16Cl2N2O3/c1-3-4-5-6-16(2)13(18)10-7-9(17(19)20)8-11(14)12(10)15/h7-8H,3-6H2,1-2H3. The molecule has 0 spiro atoms. The van der Waals surface area contributed by atoms with E-state index in [-0.39, 0.29) is 27.2 Å². The highest BCUT2D eigenvalue weighted by Gasteiger charge is 2.21.